The van der Waals surface area contributed by atoms with Gasteiger partial charge in [-0.25, -0.2) is 4.39 Å². The molecule has 5 nitrogen and oxygen atoms in total. The van der Waals surface area contributed by atoms with E-state index in [1.807, 2.05) is 12.1 Å². The zero-order chi connectivity index (χ0) is 20.6. The van der Waals surface area contributed by atoms with Crippen molar-refractivity contribution in [1.82, 2.24) is 4.98 Å². The normalized spacial score (nSPS) is 11.1. The summed E-state index contributed by atoms with van der Waals surface area (Å²) in [5, 5.41) is 2.81. The van der Waals surface area contributed by atoms with Crippen LogP contribution in [0, 0.1) is 5.82 Å². The number of anilines is 1. The summed E-state index contributed by atoms with van der Waals surface area (Å²) in [6.07, 6.45) is 4.86. The minimum Gasteiger partial charge on any atom is -0.493 e. The van der Waals surface area contributed by atoms with Crippen molar-refractivity contribution in [2.24, 2.45) is 0 Å². The van der Waals surface area contributed by atoms with Crippen molar-refractivity contribution in [3.8, 4) is 11.5 Å². The monoisotopic (exact) mass is 392 g/mol. The predicted octanol–water partition coefficient (Wildman–Crippen LogP) is 4.85. The number of ether oxygens (including phenoxy) is 2. The minimum atomic E-state index is -0.316. The Morgan fingerprint density at radius 1 is 1.07 bits per heavy atom. The number of nitrogens with one attached hydrogen (secondary N) is 1. The molecule has 3 rings (SSSR count). The second-order valence-corrected chi connectivity index (χ2v) is 6.33. The molecule has 0 radical (unpaired) electrons. The van der Waals surface area contributed by atoms with Crippen molar-refractivity contribution in [3.63, 3.8) is 0 Å². The summed E-state index contributed by atoms with van der Waals surface area (Å²) in [7, 11) is 1.56. The van der Waals surface area contributed by atoms with Crippen molar-refractivity contribution in [2.45, 2.75) is 13.5 Å². The van der Waals surface area contributed by atoms with Crippen LogP contribution in [0.3, 0.4) is 0 Å². The first-order valence-electron chi connectivity index (χ1n) is 9.00. The number of nitrogens with zero attached hydrogens (tertiary/aromatic N) is 1. The highest BCUT2D eigenvalue weighted by atomic mass is 19.1. The van der Waals surface area contributed by atoms with Gasteiger partial charge in [0.05, 0.1) is 7.11 Å². The standard InChI is InChI=1S/C23H21FN2O3/c1-16(18-3-5-19(24)6-4-18)13-23(27)26-20-7-8-21(28-2)22(14-20)29-15-17-9-11-25-12-10-17/h3-14H,15H2,1-2H3,(H,26,27)/b16-13+. The van der Waals surface area contributed by atoms with Gasteiger partial charge in [-0.3, -0.25) is 9.78 Å². The zero-order valence-corrected chi connectivity index (χ0v) is 16.2. The topological polar surface area (TPSA) is 60.5 Å². The summed E-state index contributed by atoms with van der Waals surface area (Å²) < 4.78 is 24.2. The van der Waals surface area contributed by atoms with Gasteiger partial charge in [-0.15, -0.1) is 0 Å². The molecule has 6 heteroatoms. The van der Waals surface area contributed by atoms with Gasteiger partial charge in [0.1, 0.15) is 12.4 Å². The summed E-state index contributed by atoms with van der Waals surface area (Å²) in [4.78, 5) is 16.3. The van der Waals surface area contributed by atoms with Crippen LogP contribution in [-0.2, 0) is 11.4 Å². The van der Waals surface area contributed by atoms with E-state index in [1.165, 1.54) is 18.2 Å². The average Bonchev–Trinajstić information content (AvgIpc) is 2.73. The first kappa shape index (κ1) is 20.1. The van der Waals surface area contributed by atoms with E-state index >= 15 is 0 Å². The molecule has 0 saturated heterocycles. The smallest absolute Gasteiger partial charge is 0.248 e. The van der Waals surface area contributed by atoms with Crippen LogP contribution in [-0.4, -0.2) is 18.0 Å². The number of rotatable bonds is 7. The largest absolute Gasteiger partial charge is 0.493 e. The fourth-order valence-corrected chi connectivity index (χ4v) is 2.68. The highest BCUT2D eigenvalue weighted by molar-refractivity contribution is 6.03. The Bertz CT molecular complexity index is 1000. The fourth-order valence-electron chi connectivity index (χ4n) is 2.68. The van der Waals surface area contributed by atoms with Gasteiger partial charge >= 0.3 is 0 Å². The molecule has 0 aliphatic heterocycles. The highest BCUT2D eigenvalue weighted by Crippen LogP contribution is 2.31. The number of pyridine rings is 1. The molecule has 148 valence electrons. The maximum Gasteiger partial charge on any atom is 0.248 e. The zero-order valence-electron chi connectivity index (χ0n) is 16.2. The van der Waals surface area contributed by atoms with Crippen molar-refractivity contribution in [2.75, 3.05) is 12.4 Å². The summed E-state index contributed by atoms with van der Waals surface area (Å²) in [5.74, 6) is 0.469. The first-order chi connectivity index (χ1) is 14.0. The predicted molar refractivity (Wildman–Crippen MR) is 110 cm³/mol. The lowest BCUT2D eigenvalue weighted by Crippen LogP contribution is -2.09. The van der Waals surface area contributed by atoms with E-state index in [0.29, 0.717) is 23.8 Å². The second-order valence-electron chi connectivity index (χ2n) is 6.33. The second kappa shape index (κ2) is 9.50. The van der Waals surface area contributed by atoms with Crippen LogP contribution in [0.25, 0.3) is 5.57 Å². The van der Waals surface area contributed by atoms with Gasteiger partial charge in [0.15, 0.2) is 11.5 Å². The Morgan fingerprint density at radius 2 is 1.79 bits per heavy atom. The third-order valence-corrected chi connectivity index (χ3v) is 4.22. The van der Waals surface area contributed by atoms with Crippen molar-refractivity contribution >= 4 is 17.2 Å². The van der Waals surface area contributed by atoms with Crippen LogP contribution in [0.2, 0.25) is 0 Å². The Kier molecular flexibility index (Phi) is 6.58. The maximum atomic E-state index is 13.0. The fraction of sp³-hybridized carbons (Fsp3) is 0.130. The number of allylic oxidation sites excluding steroid dienone is 1. The summed E-state index contributed by atoms with van der Waals surface area (Å²) in [6.45, 7) is 2.14. The lowest BCUT2D eigenvalue weighted by molar-refractivity contribution is -0.111. The molecule has 0 atom stereocenters. The minimum absolute atomic E-state index is 0.294. The highest BCUT2D eigenvalue weighted by Gasteiger charge is 2.09. The van der Waals surface area contributed by atoms with E-state index in [0.717, 1.165) is 16.7 Å². The van der Waals surface area contributed by atoms with Gasteiger partial charge < -0.3 is 14.8 Å². The Hall–Kier alpha value is -3.67. The maximum absolute atomic E-state index is 13.0. The number of aromatic nitrogens is 1. The van der Waals surface area contributed by atoms with Crippen LogP contribution >= 0.6 is 0 Å². The SMILES string of the molecule is COc1ccc(NC(=O)/C=C(\C)c2ccc(F)cc2)cc1OCc1ccncc1. The molecule has 2 aromatic carbocycles. The Balaban J connectivity index is 1.70. The average molecular weight is 392 g/mol. The molecule has 1 amide bonds. The van der Waals surface area contributed by atoms with Gasteiger partial charge in [0.25, 0.3) is 0 Å². The molecular weight excluding hydrogens is 371 g/mol. The lowest BCUT2D eigenvalue weighted by Gasteiger charge is -2.13. The number of halogens is 1. The quantitative estimate of drug-likeness (QED) is 0.584. The van der Waals surface area contributed by atoms with E-state index in [4.69, 9.17) is 9.47 Å². The van der Waals surface area contributed by atoms with E-state index < -0.39 is 0 Å². The molecule has 1 heterocycles. The van der Waals surface area contributed by atoms with Crippen LogP contribution < -0.4 is 14.8 Å². The molecule has 0 spiro atoms. The molecule has 0 aliphatic carbocycles. The van der Waals surface area contributed by atoms with E-state index in [1.54, 1.807) is 56.8 Å². The van der Waals surface area contributed by atoms with E-state index in [9.17, 15) is 9.18 Å². The van der Waals surface area contributed by atoms with Gasteiger partial charge in [-0.2, -0.15) is 0 Å². The number of benzene rings is 2. The van der Waals surface area contributed by atoms with Crippen molar-refractivity contribution in [1.29, 1.82) is 0 Å². The Morgan fingerprint density at radius 3 is 2.48 bits per heavy atom. The molecule has 0 fully saturated rings. The number of methoxy groups -OCH3 is 1. The van der Waals surface area contributed by atoms with Crippen LogP contribution in [0.5, 0.6) is 11.5 Å². The summed E-state index contributed by atoms with van der Waals surface area (Å²) >= 11 is 0. The first-order valence-corrected chi connectivity index (χ1v) is 9.00. The molecule has 1 aromatic heterocycles. The van der Waals surface area contributed by atoms with Gasteiger partial charge in [-0.1, -0.05) is 12.1 Å². The van der Waals surface area contributed by atoms with Gasteiger partial charge in [0.2, 0.25) is 5.91 Å². The van der Waals surface area contributed by atoms with Crippen molar-refractivity contribution in [3.05, 3.63) is 90.0 Å². The van der Waals surface area contributed by atoms with E-state index in [2.05, 4.69) is 10.3 Å². The van der Waals surface area contributed by atoms with Crippen LogP contribution in [0.4, 0.5) is 10.1 Å². The third-order valence-electron chi connectivity index (χ3n) is 4.22. The van der Waals surface area contributed by atoms with Crippen LogP contribution in [0.15, 0.2) is 73.1 Å². The van der Waals surface area contributed by atoms with E-state index in [-0.39, 0.29) is 11.7 Å². The number of amides is 1. The lowest BCUT2D eigenvalue weighted by atomic mass is 10.1. The molecule has 29 heavy (non-hydrogen) atoms. The molecular formula is C23H21FN2O3. The number of carbonyl (C=O) groups excluding carboxylic acids is 1. The molecule has 3 aromatic rings. The number of hydrogen-bond acceptors (Lipinski definition) is 4. The molecule has 0 bridgehead atoms. The molecule has 0 unspecified atom stereocenters. The molecule has 0 saturated carbocycles. The van der Waals surface area contributed by atoms with Gasteiger partial charge in [-0.05, 0) is 60.0 Å². The number of carbonyl (C=O) groups is 1. The van der Waals surface area contributed by atoms with Crippen molar-refractivity contribution < 1.29 is 18.7 Å². The number of hydrogen-bond donors (Lipinski definition) is 1. The van der Waals surface area contributed by atoms with Crippen LogP contribution in [0.1, 0.15) is 18.1 Å². The Labute approximate surface area is 168 Å². The summed E-state index contributed by atoms with van der Waals surface area (Å²) in [5.41, 5.74) is 3.04. The molecule has 1 N–H and O–H groups in total. The summed E-state index contributed by atoms with van der Waals surface area (Å²) in [6, 6.07) is 14.9. The third kappa shape index (κ3) is 5.65. The van der Waals surface area contributed by atoms with Gasteiger partial charge in [0, 0.05) is 30.2 Å². The molecule has 0 aliphatic rings.